The van der Waals surface area contributed by atoms with Crippen LogP contribution in [0.3, 0.4) is 0 Å². The van der Waals surface area contributed by atoms with Crippen LogP contribution >= 0.6 is 0 Å². The maximum Gasteiger partial charge on any atom is 0.246 e. The average molecular weight is 646 g/mol. The van der Waals surface area contributed by atoms with Gasteiger partial charge in [0.25, 0.3) is 0 Å². The molecule has 0 unspecified atom stereocenters. The van der Waals surface area contributed by atoms with Gasteiger partial charge in [0.2, 0.25) is 17.7 Å². The quantitative estimate of drug-likeness (QED) is 0.0689. The van der Waals surface area contributed by atoms with Gasteiger partial charge in [-0.3, -0.25) is 14.4 Å². The van der Waals surface area contributed by atoms with E-state index in [-0.39, 0.29) is 46.5 Å². The number of carbonyl (C=O) groups excluding carboxylic acids is 3. The molecule has 248 valence electrons. The fourth-order valence-corrected chi connectivity index (χ4v) is 4.27. The first-order valence-electron chi connectivity index (χ1n) is 14.9. The number of ether oxygens (including phenoxy) is 1. The van der Waals surface area contributed by atoms with E-state index < -0.39 is 0 Å². The lowest BCUT2D eigenvalue weighted by Crippen LogP contribution is -2.34. The number of benzene rings is 3. The summed E-state index contributed by atoms with van der Waals surface area (Å²) in [4.78, 5) is 39.2. The van der Waals surface area contributed by atoms with Crippen molar-refractivity contribution in [2.24, 2.45) is 0 Å². The van der Waals surface area contributed by atoms with Crippen molar-refractivity contribution in [3.8, 4) is 34.5 Å². The summed E-state index contributed by atoms with van der Waals surface area (Å²) >= 11 is 0. The molecule has 3 aromatic carbocycles. The zero-order chi connectivity index (χ0) is 34.2. The van der Waals surface area contributed by atoms with Gasteiger partial charge in [0.1, 0.15) is 0 Å². The summed E-state index contributed by atoms with van der Waals surface area (Å²) in [5, 5.41) is 53.5. The predicted molar refractivity (Wildman–Crippen MR) is 178 cm³/mol. The van der Waals surface area contributed by atoms with Crippen molar-refractivity contribution in [2.75, 3.05) is 33.3 Å². The molecular formula is C35H39N3O9. The molecule has 12 nitrogen and oxygen atoms in total. The largest absolute Gasteiger partial charge is 0.504 e. The number of hydrogen-bond acceptors (Lipinski definition) is 9. The van der Waals surface area contributed by atoms with Crippen LogP contribution < -0.4 is 15.4 Å². The zero-order valence-corrected chi connectivity index (χ0v) is 25.9. The number of phenolic OH excluding ortho intramolecular Hbond substituents is 5. The molecule has 47 heavy (non-hydrogen) atoms. The Morgan fingerprint density at radius 3 is 1.62 bits per heavy atom. The Bertz CT molecular complexity index is 1630. The van der Waals surface area contributed by atoms with Crippen LogP contribution in [0.15, 0.2) is 72.8 Å². The van der Waals surface area contributed by atoms with E-state index in [9.17, 15) is 39.9 Å². The standard InChI is InChI=1S/C35H39N3O9/c1-47-32-23-26(7-13-29(32)41)9-15-34(45)37-18-4-20-38(35(46)16-10-25-6-12-28(40)31(43)22-25)19-3-2-17-36-33(44)14-8-24-5-11-27(39)30(42)21-24/h5-16,21-23,39-43H,2-4,17-20H2,1H3,(H,36,44)(H,37,45). The lowest BCUT2D eigenvalue weighted by atomic mass is 10.2. The molecule has 0 saturated carbocycles. The lowest BCUT2D eigenvalue weighted by molar-refractivity contribution is -0.126. The van der Waals surface area contributed by atoms with Gasteiger partial charge in [0.15, 0.2) is 34.5 Å². The molecule has 12 heteroatoms. The van der Waals surface area contributed by atoms with Crippen molar-refractivity contribution in [1.29, 1.82) is 0 Å². The topological polar surface area (TPSA) is 189 Å². The molecule has 0 heterocycles. The highest BCUT2D eigenvalue weighted by Gasteiger charge is 2.11. The Hall–Kier alpha value is -5.91. The minimum absolute atomic E-state index is 0.00399. The molecule has 0 saturated heterocycles. The van der Waals surface area contributed by atoms with E-state index in [1.165, 1.54) is 67.8 Å². The van der Waals surface area contributed by atoms with E-state index in [1.54, 1.807) is 35.2 Å². The van der Waals surface area contributed by atoms with Gasteiger partial charge in [-0.2, -0.15) is 0 Å². The third-order valence-electron chi connectivity index (χ3n) is 6.85. The van der Waals surface area contributed by atoms with Crippen LogP contribution in [-0.2, 0) is 14.4 Å². The highest BCUT2D eigenvalue weighted by molar-refractivity contribution is 5.93. The van der Waals surface area contributed by atoms with Crippen molar-refractivity contribution in [2.45, 2.75) is 19.3 Å². The number of nitrogens with one attached hydrogen (secondary N) is 2. The Morgan fingerprint density at radius 2 is 1.09 bits per heavy atom. The SMILES string of the molecule is COc1cc(C=CC(=O)NCCCN(CCCCNC(=O)C=Cc2ccc(O)c(O)c2)C(=O)C=Cc2ccc(O)c(O)c2)ccc1O. The molecular weight excluding hydrogens is 606 g/mol. The fourth-order valence-electron chi connectivity index (χ4n) is 4.27. The van der Waals surface area contributed by atoms with Gasteiger partial charge in [0.05, 0.1) is 7.11 Å². The summed E-state index contributed by atoms with van der Waals surface area (Å²) < 4.78 is 5.07. The van der Waals surface area contributed by atoms with Crippen molar-refractivity contribution >= 4 is 35.9 Å². The lowest BCUT2D eigenvalue weighted by Gasteiger charge is -2.21. The van der Waals surface area contributed by atoms with Crippen LogP contribution in [0.4, 0.5) is 0 Å². The molecule has 0 aliphatic carbocycles. The van der Waals surface area contributed by atoms with E-state index in [2.05, 4.69) is 10.6 Å². The molecule has 0 aliphatic rings. The van der Waals surface area contributed by atoms with E-state index >= 15 is 0 Å². The molecule has 0 spiro atoms. The summed E-state index contributed by atoms with van der Waals surface area (Å²) in [6.45, 7) is 1.41. The predicted octanol–water partition coefficient (Wildman–Crippen LogP) is 3.89. The van der Waals surface area contributed by atoms with Crippen LogP contribution in [0.25, 0.3) is 18.2 Å². The molecule has 0 radical (unpaired) electrons. The number of aromatic hydroxyl groups is 5. The van der Waals surface area contributed by atoms with Gasteiger partial charge in [0, 0.05) is 44.4 Å². The number of carbonyl (C=O) groups is 3. The normalized spacial score (nSPS) is 11.3. The molecule has 0 aliphatic heterocycles. The number of hydrogen-bond donors (Lipinski definition) is 7. The first-order chi connectivity index (χ1) is 22.5. The Kier molecular flexibility index (Phi) is 13.7. The van der Waals surface area contributed by atoms with Crippen LogP contribution in [0.5, 0.6) is 34.5 Å². The van der Waals surface area contributed by atoms with Gasteiger partial charge in [-0.25, -0.2) is 0 Å². The molecule has 0 atom stereocenters. The monoisotopic (exact) mass is 645 g/mol. The van der Waals surface area contributed by atoms with Crippen LogP contribution in [0.2, 0.25) is 0 Å². The van der Waals surface area contributed by atoms with Gasteiger partial charge in [-0.05, 0) is 90.6 Å². The van der Waals surface area contributed by atoms with Crippen LogP contribution in [-0.4, -0.2) is 81.4 Å². The number of amides is 3. The summed E-state index contributed by atoms with van der Waals surface area (Å²) in [5.74, 6) is -1.76. The molecule has 0 aromatic heterocycles. The molecule has 7 N–H and O–H groups in total. The van der Waals surface area contributed by atoms with Gasteiger partial charge in [-0.1, -0.05) is 18.2 Å². The zero-order valence-electron chi connectivity index (χ0n) is 25.9. The van der Waals surface area contributed by atoms with Crippen LogP contribution in [0, 0.1) is 0 Å². The fraction of sp³-hybridized carbons (Fsp3) is 0.229. The highest BCUT2D eigenvalue weighted by Crippen LogP contribution is 2.27. The maximum atomic E-state index is 13.1. The van der Waals surface area contributed by atoms with Crippen molar-refractivity contribution in [3.63, 3.8) is 0 Å². The summed E-state index contributed by atoms with van der Waals surface area (Å²) in [6, 6.07) is 13.1. The molecule has 3 rings (SSSR count). The smallest absolute Gasteiger partial charge is 0.246 e. The first-order valence-corrected chi connectivity index (χ1v) is 14.9. The molecule has 0 fully saturated rings. The van der Waals surface area contributed by atoms with E-state index in [0.717, 1.165) is 0 Å². The minimum atomic E-state index is -0.333. The van der Waals surface area contributed by atoms with Gasteiger partial charge in [-0.15, -0.1) is 0 Å². The average Bonchev–Trinajstić information content (AvgIpc) is 3.06. The molecule has 3 aromatic rings. The van der Waals surface area contributed by atoms with E-state index in [0.29, 0.717) is 67.9 Å². The second-order valence-corrected chi connectivity index (χ2v) is 10.4. The number of nitrogens with zero attached hydrogens (tertiary/aromatic N) is 1. The molecule has 3 amide bonds. The maximum absolute atomic E-state index is 13.1. The van der Waals surface area contributed by atoms with E-state index in [4.69, 9.17) is 4.74 Å². The van der Waals surface area contributed by atoms with Gasteiger partial charge < -0.3 is 45.8 Å². The second kappa shape index (κ2) is 18.2. The summed E-state index contributed by atoms with van der Waals surface area (Å²) in [6.07, 6.45) is 10.3. The third-order valence-corrected chi connectivity index (χ3v) is 6.85. The summed E-state index contributed by atoms with van der Waals surface area (Å²) in [5.41, 5.74) is 1.74. The second-order valence-electron chi connectivity index (χ2n) is 10.4. The Labute approximate surface area is 272 Å². The highest BCUT2D eigenvalue weighted by atomic mass is 16.5. The van der Waals surface area contributed by atoms with E-state index in [1.807, 2.05) is 0 Å². The number of rotatable bonds is 16. The third kappa shape index (κ3) is 12.2. The molecule has 0 bridgehead atoms. The number of methoxy groups -OCH3 is 1. The Morgan fingerprint density at radius 1 is 0.617 bits per heavy atom. The van der Waals surface area contributed by atoms with Crippen LogP contribution in [0.1, 0.15) is 36.0 Å². The van der Waals surface area contributed by atoms with Gasteiger partial charge >= 0.3 is 0 Å². The Balaban J connectivity index is 1.49. The van der Waals surface area contributed by atoms with Crippen molar-refractivity contribution < 1.29 is 44.7 Å². The minimum Gasteiger partial charge on any atom is -0.504 e. The summed E-state index contributed by atoms with van der Waals surface area (Å²) in [7, 11) is 1.43. The number of phenols is 5. The first kappa shape index (κ1) is 35.6. The van der Waals surface area contributed by atoms with Crippen molar-refractivity contribution in [3.05, 3.63) is 89.5 Å². The number of unbranched alkanes of at least 4 members (excludes halogenated alkanes) is 1. The van der Waals surface area contributed by atoms with Crippen molar-refractivity contribution in [1.82, 2.24) is 15.5 Å².